The second-order valence-corrected chi connectivity index (χ2v) is 6.04. The number of nitrogens with one attached hydrogen (secondary N) is 1. The van der Waals surface area contributed by atoms with Gasteiger partial charge in [0.1, 0.15) is 0 Å². The monoisotopic (exact) mass is 350 g/mol. The number of aryl methyl sites for hydroxylation is 1. The van der Waals surface area contributed by atoms with E-state index >= 15 is 0 Å². The highest BCUT2D eigenvalue weighted by Crippen LogP contribution is 2.22. The predicted molar refractivity (Wildman–Crippen MR) is 97.5 cm³/mol. The third-order valence-corrected chi connectivity index (χ3v) is 4.36. The van der Waals surface area contributed by atoms with Crippen LogP contribution >= 0.6 is 0 Å². The molecule has 2 aromatic carbocycles. The van der Waals surface area contributed by atoms with Crippen molar-refractivity contribution in [3.05, 3.63) is 70.9 Å². The number of para-hydroxylation sites is 1. The number of hydrogen-bond donors (Lipinski definition) is 2. The Hall–Kier alpha value is -3.41. The zero-order valence-electron chi connectivity index (χ0n) is 14.4. The molecule has 0 unspecified atom stereocenters. The van der Waals surface area contributed by atoms with Crippen LogP contribution in [0.2, 0.25) is 0 Å². The van der Waals surface area contributed by atoms with E-state index < -0.39 is 5.97 Å². The van der Waals surface area contributed by atoms with Crippen molar-refractivity contribution < 1.29 is 19.5 Å². The van der Waals surface area contributed by atoms with Crippen LogP contribution in [-0.4, -0.2) is 27.5 Å². The molecule has 0 saturated heterocycles. The fraction of sp³-hybridized carbons (Fsp3) is 0.150. The number of rotatable bonds is 4. The lowest BCUT2D eigenvalue weighted by atomic mass is 10.0. The molecule has 0 saturated carbocycles. The van der Waals surface area contributed by atoms with Gasteiger partial charge in [0.2, 0.25) is 5.91 Å². The molecule has 6 heteroatoms. The Morgan fingerprint density at radius 1 is 1.04 bits per heavy atom. The molecule has 1 aromatic heterocycles. The van der Waals surface area contributed by atoms with Gasteiger partial charge in [0.15, 0.2) is 0 Å². The van der Waals surface area contributed by atoms with Gasteiger partial charge in [0.25, 0.3) is 5.91 Å². The van der Waals surface area contributed by atoms with Crippen molar-refractivity contribution in [3.8, 4) is 0 Å². The molecule has 6 nitrogen and oxygen atoms in total. The van der Waals surface area contributed by atoms with Crippen molar-refractivity contribution >= 4 is 28.7 Å². The molecule has 3 rings (SSSR count). The molecule has 2 N–H and O–H groups in total. The lowest BCUT2D eigenvalue weighted by Gasteiger charge is -2.11. The number of amides is 1. The summed E-state index contributed by atoms with van der Waals surface area (Å²) in [5.41, 5.74) is 2.55. The number of aromatic nitrogens is 1. The van der Waals surface area contributed by atoms with Crippen LogP contribution in [0.1, 0.15) is 43.6 Å². The van der Waals surface area contributed by atoms with E-state index in [4.69, 9.17) is 0 Å². The average molecular weight is 350 g/mol. The van der Waals surface area contributed by atoms with Gasteiger partial charge in [0, 0.05) is 25.1 Å². The molecule has 0 aliphatic heterocycles. The summed E-state index contributed by atoms with van der Waals surface area (Å²) in [4.78, 5) is 35.9. The number of carboxylic acid groups (broad SMARTS) is 1. The SMILES string of the molecule is CC(=O)n1cc(C(=O)NCc2c(C)cccc2C(=O)O)c2ccccc21. The number of carbonyl (C=O) groups excluding carboxylic acids is 2. The summed E-state index contributed by atoms with van der Waals surface area (Å²) in [6.07, 6.45) is 1.51. The van der Waals surface area contributed by atoms with Gasteiger partial charge in [-0.05, 0) is 30.2 Å². The predicted octanol–water partition coefficient (Wildman–Crippen LogP) is 3.24. The van der Waals surface area contributed by atoms with Crippen LogP contribution in [0.25, 0.3) is 10.9 Å². The average Bonchev–Trinajstić information content (AvgIpc) is 3.00. The smallest absolute Gasteiger partial charge is 0.336 e. The first-order valence-electron chi connectivity index (χ1n) is 8.11. The third-order valence-electron chi connectivity index (χ3n) is 4.36. The van der Waals surface area contributed by atoms with Crippen LogP contribution in [0.3, 0.4) is 0 Å². The van der Waals surface area contributed by atoms with Gasteiger partial charge in [0.05, 0.1) is 16.6 Å². The first-order chi connectivity index (χ1) is 12.4. The van der Waals surface area contributed by atoms with Crippen molar-refractivity contribution in [3.63, 3.8) is 0 Å². The maximum Gasteiger partial charge on any atom is 0.336 e. The van der Waals surface area contributed by atoms with E-state index in [0.717, 1.165) is 5.56 Å². The van der Waals surface area contributed by atoms with Crippen molar-refractivity contribution in [2.24, 2.45) is 0 Å². The molecule has 0 aliphatic carbocycles. The van der Waals surface area contributed by atoms with Crippen LogP contribution in [0, 0.1) is 6.92 Å². The summed E-state index contributed by atoms with van der Waals surface area (Å²) in [5, 5.41) is 12.8. The van der Waals surface area contributed by atoms with Crippen molar-refractivity contribution in [1.29, 1.82) is 0 Å². The van der Waals surface area contributed by atoms with Crippen molar-refractivity contribution in [2.75, 3.05) is 0 Å². The summed E-state index contributed by atoms with van der Waals surface area (Å²) < 4.78 is 1.43. The van der Waals surface area contributed by atoms with Crippen molar-refractivity contribution in [1.82, 2.24) is 9.88 Å². The Morgan fingerprint density at radius 3 is 2.46 bits per heavy atom. The summed E-state index contributed by atoms with van der Waals surface area (Å²) in [6.45, 7) is 3.32. The van der Waals surface area contributed by atoms with E-state index in [1.165, 1.54) is 23.8 Å². The van der Waals surface area contributed by atoms with Gasteiger partial charge in [-0.25, -0.2) is 4.79 Å². The molecule has 0 fully saturated rings. The molecule has 0 spiro atoms. The summed E-state index contributed by atoms with van der Waals surface area (Å²) in [5.74, 6) is -1.58. The molecule has 26 heavy (non-hydrogen) atoms. The quantitative estimate of drug-likeness (QED) is 0.756. The number of carboxylic acids is 1. The molecule has 0 atom stereocenters. The Bertz CT molecular complexity index is 1030. The van der Waals surface area contributed by atoms with E-state index in [1.54, 1.807) is 43.3 Å². The number of benzene rings is 2. The first kappa shape index (κ1) is 17.4. The third kappa shape index (κ3) is 3.09. The molecular formula is C20H18N2O4. The number of hydrogen-bond acceptors (Lipinski definition) is 3. The van der Waals surface area contributed by atoms with Crippen LogP contribution in [0.5, 0.6) is 0 Å². The second kappa shape index (κ2) is 6.84. The largest absolute Gasteiger partial charge is 0.478 e. The fourth-order valence-electron chi connectivity index (χ4n) is 3.02. The highest BCUT2D eigenvalue weighted by Gasteiger charge is 2.18. The normalized spacial score (nSPS) is 10.7. The maximum atomic E-state index is 12.7. The summed E-state index contributed by atoms with van der Waals surface area (Å²) in [6, 6.07) is 12.1. The van der Waals surface area contributed by atoms with Crippen LogP contribution in [-0.2, 0) is 6.54 Å². The molecular weight excluding hydrogens is 332 g/mol. The molecule has 0 bridgehead atoms. The maximum absolute atomic E-state index is 12.7. The Labute approximate surface area is 150 Å². The highest BCUT2D eigenvalue weighted by atomic mass is 16.4. The second-order valence-electron chi connectivity index (χ2n) is 6.04. The van der Waals surface area contributed by atoms with Crippen LogP contribution in [0.4, 0.5) is 0 Å². The Balaban J connectivity index is 1.92. The minimum atomic E-state index is -1.04. The molecule has 0 radical (unpaired) electrons. The zero-order valence-corrected chi connectivity index (χ0v) is 14.4. The minimum Gasteiger partial charge on any atom is -0.478 e. The number of fused-ring (bicyclic) bond motifs is 1. The van der Waals surface area contributed by atoms with E-state index in [1.807, 2.05) is 0 Å². The number of aromatic carboxylic acids is 1. The van der Waals surface area contributed by atoms with Crippen LogP contribution < -0.4 is 5.32 Å². The van der Waals surface area contributed by atoms with Gasteiger partial charge in [-0.3, -0.25) is 14.2 Å². The summed E-state index contributed by atoms with van der Waals surface area (Å²) in [7, 11) is 0. The Kier molecular flexibility index (Phi) is 4.58. The summed E-state index contributed by atoms with van der Waals surface area (Å²) >= 11 is 0. The zero-order chi connectivity index (χ0) is 18.8. The number of carbonyl (C=O) groups is 3. The fourth-order valence-corrected chi connectivity index (χ4v) is 3.02. The van der Waals surface area contributed by atoms with E-state index in [9.17, 15) is 19.5 Å². The van der Waals surface area contributed by atoms with Gasteiger partial charge < -0.3 is 10.4 Å². The lowest BCUT2D eigenvalue weighted by Crippen LogP contribution is -2.24. The van der Waals surface area contributed by atoms with Gasteiger partial charge in [-0.1, -0.05) is 30.3 Å². The first-order valence-corrected chi connectivity index (χ1v) is 8.11. The highest BCUT2D eigenvalue weighted by molar-refractivity contribution is 6.09. The number of nitrogens with zero attached hydrogens (tertiary/aromatic N) is 1. The van der Waals surface area contributed by atoms with Crippen molar-refractivity contribution in [2.45, 2.75) is 20.4 Å². The van der Waals surface area contributed by atoms with E-state index in [2.05, 4.69) is 5.32 Å². The van der Waals surface area contributed by atoms with Crippen LogP contribution in [0.15, 0.2) is 48.7 Å². The molecule has 3 aromatic rings. The van der Waals surface area contributed by atoms with E-state index in [0.29, 0.717) is 22.0 Å². The lowest BCUT2D eigenvalue weighted by molar-refractivity contribution is 0.0694. The van der Waals surface area contributed by atoms with Gasteiger partial charge >= 0.3 is 5.97 Å². The molecule has 1 amide bonds. The van der Waals surface area contributed by atoms with Gasteiger partial charge in [-0.2, -0.15) is 0 Å². The standard InChI is InChI=1S/C20H18N2O4/c1-12-6-5-8-15(20(25)26)16(12)10-21-19(24)17-11-22(13(2)23)18-9-4-3-7-14(17)18/h3-9,11H,10H2,1-2H3,(H,21,24)(H,25,26). The van der Waals surface area contributed by atoms with E-state index in [-0.39, 0.29) is 23.9 Å². The Morgan fingerprint density at radius 2 is 1.77 bits per heavy atom. The van der Waals surface area contributed by atoms with Gasteiger partial charge in [-0.15, -0.1) is 0 Å². The molecule has 0 aliphatic rings. The molecule has 1 heterocycles. The topological polar surface area (TPSA) is 88.4 Å². The molecule has 132 valence electrons. The minimum absolute atomic E-state index is 0.0900.